The molecule has 8 nitrogen and oxygen atoms in total. The van der Waals surface area contributed by atoms with Crippen LogP contribution in [0.1, 0.15) is 49.5 Å². The van der Waals surface area contributed by atoms with Crippen molar-refractivity contribution in [1.29, 1.82) is 0 Å². The molecule has 4 aromatic rings. The molecule has 0 aliphatic heterocycles. The molecule has 2 N–H and O–H groups in total. The van der Waals surface area contributed by atoms with Gasteiger partial charge < -0.3 is 15.2 Å². The average molecular weight is 512 g/mol. The number of aromatic nitrogens is 4. The highest BCUT2D eigenvalue weighted by Gasteiger charge is 2.27. The Morgan fingerprint density at radius 1 is 1.28 bits per heavy atom. The minimum absolute atomic E-state index is 0.00357. The van der Waals surface area contributed by atoms with E-state index in [1.54, 1.807) is 17.7 Å². The number of halogens is 2. The number of hydrogen-bond donors (Lipinski definition) is 2. The highest BCUT2D eigenvalue weighted by atomic mass is 35.5. The molecule has 0 saturated heterocycles. The SMILES string of the molecule is Cc1cc(-n2ncnc2C)c2cccc(OCc3c(Cl)cc(F)cc3[C@H](C)NC(=O)C(C)(C)O)c2n1. The van der Waals surface area contributed by atoms with E-state index in [-0.39, 0.29) is 11.6 Å². The highest BCUT2D eigenvalue weighted by molar-refractivity contribution is 6.31. The van der Waals surface area contributed by atoms with E-state index >= 15 is 0 Å². The lowest BCUT2D eigenvalue weighted by Gasteiger charge is -2.23. The number of fused-ring (bicyclic) bond motifs is 1. The van der Waals surface area contributed by atoms with E-state index in [1.165, 1.54) is 32.3 Å². The number of pyridine rings is 1. The van der Waals surface area contributed by atoms with Gasteiger partial charge in [-0.3, -0.25) is 4.79 Å². The van der Waals surface area contributed by atoms with E-state index in [0.717, 1.165) is 22.6 Å². The van der Waals surface area contributed by atoms with Gasteiger partial charge in [-0.25, -0.2) is 19.0 Å². The third kappa shape index (κ3) is 5.17. The van der Waals surface area contributed by atoms with Gasteiger partial charge in [-0.15, -0.1) is 0 Å². The third-order valence-corrected chi connectivity index (χ3v) is 6.13. The van der Waals surface area contributed by atoms with E-state index in [2.05, 4.69) is 20.4 Å². The normalized spacial score (nSPS) is 12.6. The fourth-order valence-corrected chi connectivity index (χ4v) is 4.19. The molecule has 0 radical (unpaired) electrons. The minimum atomic E-state index is -1.59. The number of aliphatic hydroxyl groups is 1. The lowest BCUT2D eigenvalue weighted by molar-refractivity contribution is -0.137. The summed E-state index contributed by atoms with van der Waals surface area (Å²) in [7, 11) is 0. The van der Waals surface area contributed by atoms with Crippen LogP contribution in [-0.2, 0) is 11.4 Å². The summed E-state index contributed by atoms with van der Waals surface area (Å²) in [5.41, 5.74) is 1.59. The molecule has 0 fully saturated rings. The van der Waals surface area contributed by atoms with Gasteiger partial charge in [-0.1, -0.05) is 23.7 Å². The molecule has 1 amide bonds. The maximum Gasteiger partial charge on any atom is 0.251 e. The van der Waals surface area contributed by atoms with Gasteiger partial charge >= 0.3 is 0 Å². The summed E-state index contributed by atoms with van der Waals surface area (Å²) in [4.78, 5) is 21.2. The summed E-state index contributed by atoms with van der Waals surface area (Å²) in [5.74, 6) is 0.109. The fraction of sp³-hybridized carbons (Fsp3) is 0.308. The number of benzene rings is 2. The predicted octanol–water partition coefficient (Wildman–Crippen LogP) is 4.75. The molecule has 36 heavy (non-hydrogen) atoms. The van der Waals surface area contributed by atoms with E-state index in [1.807, 2.05) is 32.0 Å². The molecule has 0 aliphatic rings. The van der Waals surface area contributed by atoms with Crippen molar-refractivity contribution in [2.75, 3.05) is 0 Å². The van der Waals surface area contributed by atoms with Crippen LogP contribution < -0.4 is 10.1 Å². The Balaban J connectivity index is 1.70. The van der Waals surface area contributed by atoms with Crippen molar-refractivity contribution >= 4 is 28.4 Å². The first-order valence-corrected chi connectivity index (χ1v) is 11.7. The van der Waals surface area contributed by atoms with Gasteiger partial charge in [0.2, 0.25) is 0 Å². The van der Waals surface area contributed by atoms with Crippen molar-refractivity contribution in [3.8, 4) is 11.4 Å². The van der Waals surface area contributed by atoms with Gasteiger partial charge in [0.15, 0.2) is 0 Å². The zero-order valence-corrected chi connectivity index (χ0v) is 21.4. The number of ether oxygens (including phenoxy) is 1. The topological polar surface area (TPSA) is 102 Å². The van der Waals surface area contributed by atoms with E-state index in [0.29, 0.717) is 22.4 Å². The molecular formula is C26H27ClFN5O3. The Labute approximate surface area is 213 Å². The molecule has 2 aromatic heterocycles. The predicted molar refractivity (Wildman–Crippen MR) is 135 cm³/mol. The molecule has 0 unspecified atom stereocenters. The zero-order chi connectivity index (χ0) is 26.2. The summed E-state index contributed by atoms with van der Waals surface area (Å²) < 4.78 is 22.2. The van der Waals surface area contributed by atoms with Crippen LogP contribution in [0.3, 0.4) is 0 Å². The van der Waals surface area contributed by atoms with Crippen molar-refractivity contribution in [3.63, 3.8) is 0 Å². The van der Waals surface area contributed by atoms with E-state index in [9.17, 15) is 14.3 Å². The lowest BCUT2D eigenvalue weighted by atomic mass is 10.00. The average Bonchev–Trinajstić information content (AvgIpc) is 3.22. The number of rotatable bonds is 7. The second-order valence-electron chi connectivity index (χ2n) is 9.15. The third-order valence-electron chi connectivity index (χ3n) is 5.79. The highest BCUT2D eigenvalue weighted by Crippen LogP contribution is 2.32. The standard InChI is InChI=1S/C26H27ClFN5O3/c1-14-9-22(33-16(3)29-13-30-33)18-7-6-8-23(24(18)31-14)36-12-20-19(10-17(28)11-21(20)27)15(2)32-25(34)26(4,5)35/h6-11,13,15,35H,12H2,1-5H3,(H,32,34)/t15-/m0/s1. The molecule has 2 aromatic carbocycles. The first-order valence-electron chi connectivity index (χ1n) is 11.4. The Hall–Kier alpha value is -3.56. The molecule has 0 saturated carbocycles. The van der Waals surface area contributed by atoms with Crippen LogP contribution in [-0.4, -0.2) is 36.4 Å². The summed E-state index contributed by atoms with van der Waals surface area (Å²) in [6, 6.07) is 9.37. The van der Waals surface area contributed by atoms with Crippen LogP contribution in [0.5, 0.6) is 5.75 Å². The van der Waals surface area contributed by atoms with Crippen LogP contribution in [0.15, 0.2) is 42.7 Å². The monoisotopic (exact) mass is 511 g/mol. The Bertz CT molecular complexity index is 1450. The first kappa shape index (κ1) is 25.5. The number of nitrogens with one attached hydrogen (secondary N) is 1. The van der Waals surface area contributed by atoms with Gasteiger partial charge in [0, 0.05) is 16.6 Å². The van der Waals surface area contributed by atoms with Crippen molar-refractivity contribution in [2.24, 2.45) is 0 Å². The minimum Gasteiger partial charge on any atom is -0.487 e. The summed E-state index contributed by atoms with van der Waals surface area (Å²) in [6.07, 6.45) is 1.49. The van der Waals surface area contributed by atoms with Gasteiger partial charge in [-0.2, -0.15) is 5.10 Å². The lowest BCUT2D eigenvalue weighted by Crippen LogP contribution is -2.43. The number of amides is 1. The Kier molecular flexibility index (Phi) is 6.97. The molecule has 1 atom stereocenters. The van der Waals surface area contributed by atoms with Gasteiger partial charge in [0.1, 0.15) is 41.4 Å². The molecule has 4 rings (SSSR count). The fourth-order valence-electron chi connectivity index (χ4n) is 3.92. The van der Waals surface area contributed by atoms with Gasteiger partial charge in [0.25, 0.3) is 5.91 Å². The summed E-state index contributed by atoms with van der Waals surface area (Å²) >= 11 is 6.41. The van der Waals surface area contributed by atoms with E-state index < -0.39 is 23.4 Å². The largest absolute Gasteiger partial charge is 0.487 e. The summed E-state index contributed by atoms with van der Waals surface area (Å²) in [5, 5.41) is 18.0. The summed E-state index contributed by atoms with van der Waals surface area (Å²) in [6.45, 7) is 8.20. The van der Waals surface area contributed by atoms with Crippen LogP contribution in [0.2, 0.25) is 5.02 Å². The van der Waals surface area contributed by atoms with Gasteiger partial charge in [0.05, 0.1) is 16.8 Å². The number of para-hydroxylation sites is 1. The van der Waals surface area contributed by atoms with Crippen molar-refractivity contribution in [2.45, 2.75) is 52.9 Å². The number of carbonyl (C=O) groups is 1. The van der Waals surface area contributed by atoms with Crippen molar-refractivity contribution in [3.05, 3.63) is 76.2 Å². The zero-order valence-electron chi connectivity index (χ0n) is 20.6. The Morgan fingerprint density at radius 3 is 2.69 bits per heavy atom. The molecule has 0 aliphatic carbocycles. The first-order chi connectivity index (χ1) is 17.0. The number of carbonyl (C=O) groups excluding carboxylic acids is 1. The Morgan fingerprint density at radius 2 is 2.03 bits per heavy atom. The van der Waals surface area contributed by atoms with Crippen LogP contribution in [0, 0.1) is 19.7 Å². The van der Waals surface area contributed by atoms with Crippen LogP contribution in [0.4, 0.5) is 4.39 Å². The maximum absolute atomic E-state index is 14.3. The molecule has 0 bridgehead atoms. The van der Waals surface area contributed by atoms with Gasteiger partial charge in [-0.05, 0) is 64.4 Å². The van der Waals surface area contributed by atoms with E-state index in [4.69, 9.17) is 16.3 Å². The molecule has 0 spiro atoms. The van der Waals surface area contributed by atoms with Crippen molar-refractivity contribution in [1.82, 2.24) is 25.1 Å². The van der Waals surface area contributed by atoms with Crippen LogP contribution in [0.25, 0.3) is 16.6 Å². The number of nitrogens with zero attached hydrogens (tertiary/aromatic N) is 4. The maximum atomic E-state index is 14.3. The second kappa shape index (κ2) is 9.83. The number of hydrogen-bond acceptors (Lipinski definition) is 6. The quantitative estimate of drug-likeness (QED) is 0.371. The molecule has 188 valence electrons. The second-order valence-corrected chi connectivity index (χ2v) is 9.56. The molecular weight excluding hydrogens is 485 g/mol. The smallest absolute Gasteiger partial charge is 0.251 e. The van der Waals surface area contributed by atoms with Crippen molar-refractivity contribution < 1.29 is 19.0 Å². The molecule has 2 heterocycles. The molecule has 10 heteroatoms. The van der Waals surface area contributed by atoms with Crippen LogP contribution >= 0.6 is 11.6 Å². The number of aryl methyl sites for hydroxylation is 2.